The maximum atomic E-state index is 13.1. The number of rotatable bonds is 7. The van der Waals surface area contributed by atoms with Crippen molar-refractivity contribution >= 4 is 28.2 Å². The molecule has 1 atom stereocenters. The second-order valence-electron chi connectivity index (χ2n) is 7.50. The van der Waals surface area contributed by atoms with Gasteiger partial charge in [-0.1, -0.05) is 0 Å². The number of carbonyl (C=O) groups is 2. The molecule has 0 aromatic carbocycles. The summed E-state index contributed by atoms with van der Waals surface area (Å²) in [5.41, 5.74) is 2.03. The minimum Gasteiger partial charge on any atom is -0.477 e. The Morgan fingerprint density at radius 1 is 1.27 bits per heavy atom. The predicted molar refractivity (Wildman–Crippen MR) is 116 cm³/mol. The SMILES string of the molecule is CCOc1ncccc1C(=O)Nc1sc2c(c1C(=O)NC[C@H]1CCCO1)CCCC2. The molecule has 0 unspecified atom stereocenters. The monoisotopic (exact) mass is 429 g/mol. The molecule has 1 aliphatic heterocycles. The average molecular weight is 430 g/mol. The molecule has 2 N–H and O–H groups in total. The van der Waals surface area contributed by atoms with E-state index in [1.54, 1.807) is 18.3 Å². The van der Waals surface area contributed by atoms with E-state index >= 15 is 0 Å². The standard InChI is InChI=1S/C22H27N3O4S/c1-2-28-21-16(9-5-11-23-21)19(26)25-22-18(15-8-3-4-10-17(15)30-22)20(27)24-13-14-7-6-12-29-14/h5,9,11,14H,2-4,6-8,10,12-13H2,1H3,(H,24,27)(H,25,26)/t14-/m1/s1. The fraction of sp³-hybridized carbons (Fsp3) is 0.500. The Hall–Kier alpha value is -2.45. The van der Waals surface area contributed by atoms with E-state index in [0.29, 0.717) is 35.2 Å². The molecule has 160 valence electrons. The van der Waals surface area contributed by atoms with Gasteiger partial charge in [-0.25, -0.2) is 4.98 Å². The van der Waals surface area contributed by atoms with Gasteiger partial charge in [0.25, 0.3) is 11.8 Å². The number of nitrogens with one attached hydrogen (secondary N) is 2. The van der Waals surface area contributed by atoms with Crippen LogP contribution >= 0.6 is 11.3 Å². The second kappa shape index (κ2) is 9.57. The molecular formula is C22H27N3O4S. The van der Waals surface area contributed by atoms with Gasteiger partial charge in [-0.15, -0.1) is 11.3 Å². The number of nitrogens with zero attached hydrogens (tertiary/aromatic N) is 1. The topological polar surface area (TPSA) is 89.5 Å². The average Bonchev–Trinajstić information content (AvgIpc) is 3.40. The van der Waals surface area contributed by atoms with Crippen molar-refractivity contribution in [2.45, 2.75) is 51.6 Å². The first-order valence-electron chi connectivity index (χ1n) is 10.6. The van der Waals surface area contributed by atoms with Gasteiger partial charge in [0, 0.05) is 24.2 Å². The molecule has 2 aliphatic rings. The third kappa shape index (κ3) is 4.49. The lowest BCUT2D eigenvalue weighted by Gasteiger charge is -2.15. The molecule has 1 saturated heterocycles. The van der Waals surface area contributed by atoms with Crippen molar-refractivity contribution in [3.63, 3.8) is 0 Å². The van der Waals surface area contributed by atoms with Gasteiger partial charge >= 0.3 is 0 Å². The summed E-state index contributed by atoms with van der Waals surface area (Å²) in [4.78, 5) is 31.4. The van der Waals surface area contributed by atoms with Crippen LogP contribution in [-0.2, 0) is 17.6 Å². The molecule has 2 aromatic heterocycles. The third-order valence-corrected chi connectivity index (χ3v) is 6.64. The number of aromatic nitrogens is 1. The molecule has 7 nitrogen and oxygen atoms in total. The van der Waals surface area contributed by atoms with E-state index in [2.05, 4.69) is 15.6 Å². The summed E-state index contributed by atoms with van der Waals surface area (Å²) >= 11 is 1.51. The zero-order chi connectivity index (χ0) is 20.9. The van der Waals surface area contributed by atoms with E-state index < -0.39 is 0 Å². The molecule has 1 fully saturated rings. The molecule has 0 saturated carbocycles. The van der Waals surface area contributed by atoms with Gasteiger partial charge in [0.15, 0.2) is 0 Å². The smallest absolute Gasteiger partial charge is 0.261 e. The summed E-state index contributed by atoms with van der Waals surface area (Å²) in [7, 11) is 0. The number of hydrogen-bond donors (Lipinski definition) is 2. The highest BCUT2D eigenvalue weighted by Crippen LogP contribution is 2.38. The van der Waals surface area contributed by atoms with Crippen molar-refractivity contribution in [3.8, 4) is 5.88 Å². The summed E-state index contributed by atoms with van der Waals surface area (Å²) in [5, 5.41) is 6.58. The number of hydrogen-bond acceptors (Lipinski definition) is 6. The number of ether oxygens (including phenoxy) is 2. The van der Waals surface area contributed by atoms with Gasteiger partial charge in [0.05, 0.1) is 18.3 Å². The zero-order valence-electron chi connectivity index (χ0n) is 17.2. The van der Waals surface area contributed by atoms with Crippen LogP contribution in [0.15, 0.2) is 18.3 Å². The fourth-order valence-corrected chi connectivity index (χ4v) is 5.26. The second-order valence-corrected chi connectivity index (χ2v) is 8.61. The van der Waals surface area contributed by atoms with Crippen LogP contribution in [0.25, 0.3) is 0 Å². The van der Waals surface area contributed by atoms with Crippen molar-refractivity contribution in [1.29, 1.82) is 0 Å². The first-order valence-corrected chi connectivity index (χ1v) is 11.4. The lowest BCUT2D eigenvalue weighted by Crippen LogP contribution is -2.32. The van der Waals surface area contributed by atoms with E-state index in [1.165, 1.54) is 16.2 Å². The number of anilines is 1. The molecular weight excluding hydrogens is 402 g/mol. The van der Waals surface area contributed by atoms with Crippen molar-refractivity contribution in [2.75, 3.05) is 25.1 Å². The van der Waals surface area contributed by atoms with Crippen LogP contribution < -0.4 is 15.4 Å². The Balaban J connectivity index is 1.57. The van der Waals surface area contributed by atoms with Crippen molar-refractivity contribution in [3.05, 3.63) is 39.9 Å². The largest absolute Gasteiger partial charge is 0.477 e. The van der Waals surface area contributed by atoms with Gasteiger partial charge in [-0.3, -0.25) is 9.59 Å². The van der Waals surface area contributed by atoms with E-state index in [0.717, 1.165) is 50.7 Å². The van der Waals surface area contributed by atoms with Crippen LogP contribution in [0.2, 0.25) is 0 Å². The minimum absolute atomic E-state index is 0.0746. The summed E-state index contributed by atoms with van der Waals surface area (Å²) in [5.74, 6) is -0.169. The van der Waals surface area contributed by atoms with Crippen molar-refractivity contribution in [1.82, 2.24) is 10.3 Å². The normalized spacial score (nSPS) is 18.0. The van der Waals surface area contributed by atoms with Crippen LogP contribution in [0.4, 0.5) is 5.00 Å². The molecule has 3 heterocycles. The summed E-state index contributed by atoms with van der Waals surface area (Å²) in [6, 6.07) is 3.38. The summed E-state index contributed by atoms with van der Waals surface area (Å²) in [6.07, 6.45) is 7.63. The van der Waals surface area contributed by atoms with E-state index in [4.69, 9.17) is 9.47 Å². The molecule has 30 heavy (non-hydrogen) atoms. The Kier molecular flexibility index (Phi) is 6.64. The van der Waals surface area contributed by atoms with Crippen LogP contribution in [0.3, 0.4) is 0 Å². The Morgan fingerprint density at radius 3 is 2.93 bits per heavy atom. The minimum atomic E-state index is -0.321. The van der Waals surface area contributed by atoms with Crippen LogP contribution in [0.1, 0.15) is 63.8 Å². The van der Waals surface area contributed by atoms with E-state index in [-0.39, 0.29) is 17.9 Å². The Labute approximate surface area is 180 Å². The number of carbonyl (C=O) groups excluding carboxylic acids is 2. The van der Waals surface area contributed by atoms with Crippen molar-refractivity contribution in [2.24, 2.45) is 0 Å². The molecule has 1 aliphatic carbocycles. The molecule has 2 aromatic rings. The first kappa shape index (κ1) is 20.8. The van der Waals surface area contributed by atoms with Crippen molar-refractivity contribution < 1.29 is 19.1 Å². The Bertz CT molecular complexity index is 921. The number of fused-ring (bicyclic) bond motifs is 1. The van der Waals surface area contributed by atoms with Crippen LogP contribution in [0, 0.1) is 0 Å². The fourth-order valence-electron chi connectivity index (χ4n) is 3.98. The lowest BCUT2D eigenvalue weighted by atomic mass is 9.95. The number of amides is 2. The number of aryl methyl sites for hydroxylation is 1. The summed E-state index contributed by atoms with van der Waals surface area (Å²) < 4.78 is 11.1. The van der Waals surface area contributed by atoms with Gasteiger partial charge in [-0.2, -0.15) is 0 Å². The molecule has 2 amide bonds. The third-order valence-electron chi connectivity index (χ3n) is 5.44. The molecule has 0 radical (unpaired) electrons. The van der Waals surface area contributed by atoms with Gasteiger partial charge in [-0.05, 0) is 63.1 Å². The maximum Gasteiger partial charge on any atom is 0.261 e. The molecule has 8 heteroatoms. The zero-order valence-corrected chi connectivity index (χ0v) is 18.0. The Morgan fingerprint density at radius 2 is 2.13 bits per heavy atom. The highest BCUT2D eigenvalue weighted by Gasteiger charge is 2.28. The van der Waals surface area contributed by atoms with E-state index in [9.17, 15) is 9.59 Å². The highest BCUT2D eigenvalue weighted by atomic mass is 32.1. The molecule has 0 spiro atoms. The van der Waals surface area contributed by atoms with Gasteiger partial charge in [0.2, 0.25) is 5.88 Å². The molecule has 0 bridgehead atoms. The van der Waals surface area contributed by atoms with E-state index in [1.807, 2.05) is 6.92 Å². The van der Waals surface area contributed by atoms with Gasteiger partial charge in [0.1, 0.15) is 10.6 Å². The lowest BCUT2D eigenvalue weighted by molar-refractivity contribution is 0.0858. The maximum absolute atomic E-state index is 13.1. The quantitative estimate of drug-likeness (QED) is 0.702. The van der Waals surface area contributed by atoms with Gasteiger partial charge < -0.3 is 20.1 Å². The highest BCUT2D eigenvalue weighted by molar-refractivity contribution is 7.17. The first-order chi connectivity index (χ1) is 14.7. The predicted octanol–water partition coefficient (Wildman–Crippen LogP) is 3.58. The molecule has 4 rings (SSSR count). The van der Waals surface area contributed by atoms with Crippen LogP contribution in [-0.4, -0.2) is 42.7 Å². The number of pyridine rings is 1. The van der Waals surface area contributed by atoms with Crippen LogP contribution in [0.5, 0.6) is 5.88 Å². The number of thiophene rings is 1. The summed E-state index contributed by atoms with van der Waals surface area (Å²) in [6.45, 7) is 3.51.